The van der Waals surface area contributed by atoms with Gasteiger partial charge in [0.1, 0.15) is 39.9 Å². The lowest BCUT2D eigenvalue weighted by Gasteiger charge is -2.30. The molecule has 4 aliphatic rings. The molecule has 17 heteroatoms. The van der Waals surface area contributed by atoms with Crippen molar-refractivity contribution >= 4 is 56.2 Å². The molecule has 7 rings (SSSR count). The van der Waals surface area contributed by atoms with Crippen molar-refractivity contribution in [1.82, 2.24) is 34.8 Å². The second-order valence-electron chi connectivity index (χ2n) is 19.1. The molecular weight excluding hydrogens is 819 g/mol. The minimum Gasteiger partial charge on any atom is -0.459 e. The van der Waals surface area contributed by atoms with Crippen LogP contribution in [0.1, 0.15) is 142 Å². The molecule has 15 nitrogen and oxygen atoms in total. The van der Waals surface area contributed by atoms with Crippen LogP contribution in [0.5, 0.6) is 6.01 Å². The predicted octanol–water partition coefficient (Wildman–Crippen LogP) is 6.86. The average molecular weight is 882 g/mol. The van der Waals surface area contributed by atoms with E-state index in [9.17, 15) is 27.6 Å². The Morgan fingerprint density at radius 2 is 1.77 bits per heavy atom. The van der Waals surface area contributed by atoms with Crippen molar-refractivity contribution in [2.75, 3.05) is 6.54 Å². The van der Waals surface area contributed by atoms with Gasteiger partial charge in [-0.1, -0.05) is 51.5 Å². The van der Waals surface area contributed by atoms with Crippen molar-refractivity contribution in [2.45, 2.75) is 179 Å². The number of nitrogens with one attached hydrogen (secondary N) is 3. The Bertz CT molecular complexity index is 2280. The standard InChI is InChI=1S/C44H63N7O8S2/c1-9-16-31-27(4)60-37(45-31)30-18-15-20-33-35(30)47-40(51(33)26(2)3)58-29-23-34-36(52)48-44(39(54)49-61(56,57)43(8)21-22-43)24-28(44)17-13-11-10-12-14-19-32(38(53)50(34)25-29)46-41(55)59-42(5,6)7/h15,18,20,26,28-29,32,34H,9-14,16-17,19,21-25H2,1-8H3,(H,46,55)(H,48,52)(H,49,54)/t28?,29-,32+,34+,44-/m1/s1. The number of sulfonamides is 1. The number of benzene rings is 1. The zero-order chi connectivity index (χ0) is 44.1. The van der Waals surface area contributed by atoms with Crippen molar-refractivity contribution < 1.29 is 37.1 Å². The number of nitrogens with zero attached hydrogens (tertiary/aromatic N) is 4. The first kappa shape index (κ1) is 44.8. The molecule has 0 bridgehead atoms. The summed E-state index contributed by atoms with van der Waals surface area (Å²) in [5.41, 5.74) is 1.31. The second-order valence-corrected chi connectivity index (χ2v) is 22.5. The van der Waals surface area contributed by atoms with Gasteiger partial charge >= 0.3 is 6.09 Å². The maximum absolute atomic E-state index is 14.7. The third kappa shape index (κ3) is 9.42. The summed E-state index contributed by atoms with van der Waals surface area (Å²) in [6.45, 7) is 15.1. The molecule has 2 aliphatic heterocycles. The van der Waals surface area contributed by atoms with E-state index in [1.807, 2.05) is 36.6 Å². The highest BCUT2D eigenvalue weighted by atomic mass is 32.2. The van der Waals surface area contributed by atoms with E-state index in [0.29, 0.717) is 44.5 Å². The van der Waals surface area contributed by atoms with Gasteiger partial charge in [0, 0.05) is 22.9 Å². The van der Waals surface area contributed by atoms with E-state index in [-0.39, 0.29) is 24.9 Å². The number of imidazole rings is 1. The summed E-state index contributed by atoms with van der Waals surface area (Å²) < 4.78 is 42.2. The van der Waals surface area contributed by atoms with E-state index >= 15 is 0 Å². The van der Waals surface area contributed by atoms with E-state index in [0.717, 1.165) is 65.8 Å². The van der Waals surface area contributed by atoms with Crippen LogP contribution >= 0.6 is 11.3 Å². The quantitative estimate of drug-likeness (QED) is 0.194. The Morgan fingerprint density at radius 3 is 2.44 bits per heavy atom. The van der Waals surface area contributed by atoms with Gasteiger partial charge in [-0.25, -0.2) is 18.2 Å². The zero-order valence-electron chi connectivity index (χ0n) is 36.9. The van der Waals surface area contributed by atoms with Gasteiger partial charge in [0.05, 0.1) is 22.5 Å². The summed E-state index contributed by atoms with van der Waals surface area (Å²) in [5, 5.41) is 6.66. The summed E-state index contributed by atoms with van der Waals surface area (Å²) in [4.78, 5) is 69.3. The Labute approximate surface area is 363 Å². The average Bonchev–Trinajstić information content (AvgIpc) is 3.91. The third-order valence-electron chi connectivity index (χ3n) is 12.7. The number of alkyl carbamates (subject to hydrolysis) is 1. The van der Waals surface area contributed by atoms with Gasteiger partial charge in [0.15, 0.2) is 0 Å². The lowest BCUT2D eigenvalue weighted by molar-refractivity contribution is -0.141. The van der Waals surface area contributed by atoms with E-state index in [1.54, 1.807) is 39.0 Å². The van der Waals surface area contributed by atoms with Gasteiger partial charge in [0.2, 0.25) is 21.8 Å². The minimum absolute atomic E-state index is 0.00100. The fourth-order valence-corrected chi connectivity index (χ4v) is 11.1. The molecule has 3 N–H and O–H groups in total. The topological polar surface area (TPSA) is 191 Å². The number of carbonyl (C=O) groups excluding carboxylic acids is 4. The number of hydrogen-bond donors (Lipinski definition) is 3. The molecule has 4 amide bonds. The predicted molar refractivity (Wildman–Crippen MR) is 234 cm³/mol. The van der Waals surface area contributed by atoms with Crippen molar-refractivity contribution in [3.8, 4) is 16.6 Å². The number of aryl methyl sites for hydroxylation is 2. The van der Waals surface area contributed by atoms with E-state index < -0.39 is 67.9 Å². The van der Waals surface area contributed by atoms with Crippen LogP contribution in [0.4, 0.5) is 4.79 Å². The molecule has 2 aromatic heterocycles. The number of para-hydroxylation sites is 1. The number of thiazole rings is 1. The van der Waals surface area contributed by atoms with Gasteiger partial charge in [-0.2, -0.15) is 4.98 Å². The van der Waals surface area contributed by atoms with Crippen LogP contribution in [0.15, 0.2) is 18.2 Å². The molecule has 61 heavy (non-hydrogen) atoms. The highest BCUT2D eigenvalue weighted by molar-refractivity contribution is 7.91. The summed E-state index contributed by atoms with van der Waals surface area (Å²) in [7, 11) is -3.98. The van der Waals surface area contributed by atoms with Crippen LogP contribution in [0.25, 0.3) is 21.6 Å². The number of hydrogen-bond acceptors (Lipinski definition) is 11. The fraction of sp³-hybridized carbons (Fsp3) is 0.682. The summed E-state index contributed by atoms with van der Waals surface area (Å²) in [5.74, 6) is -2.05. The van der Waals surface area contributed by atoms with E-state index in [2.05, 4.69) is 29.2 Å². The Hall–Kier alpha value is -4.25. The first-order valence-electron chi connectivity index (χ1n) is 22.1. The molecule has 2 aliphatic carbocycles. The van der Waals surface area contributed by atoms with Gasteiger partial charge < -0.3 is 25.0 Å². The Balaban J connectivity index is 1.22. The highest BCUT2D eigenvalue weighted by Crippen LogP contribution is 2.49. The maximum Gasteiger partial charge on any atom is 0.408 e. The molecule has 1 aromatic carbocycles. The lowest BCUT2D eigenvalue weighted by atomic mass is 10.0. The normalized spacial score (nSPS) is 25.8. The van der Waals surface area contributed by atoms with Crippen LogP contribution in [0.3, 0.4) is 0 Å². The number of amides is 4. The Morgan fingerprint density at radius 1 is 1.07 bits per heavy atom. The monoisotopic (exact) mass is 881 g/mol. The molecule has 2 saturated carbocycles. The summed E-state index contributed by atoms with van der Waals surface area (Å²) in [6, 6.07) is 4.16. The molecule has 3 aromatic rings. The minimum atomic E-state index is -3.98. The number of ether oxygens (including phenoxy) is 2. The first-order valence-corrected chi connectivity index (χ1v) is 24.4. The van der Waals surface area contributed by atoms with Gasteiger partial charge in [-0.15, -0.1) is 11.3 Å². The number of carbonyl (C=O) groups is 4. The van der Waals surface area contributed by atoms with Gasteiger partial charge in [0.25, 0.3) is 11.9 Å². The maximum atomic E-state index is 14.7. The van der Waals surface area contributed by atoms with Crippen LogP contribution in [-0.4, -0.2) is 92.3 Å². The lowest BCUT2D eigenvalue weighted by Crippen LogP contribution is -2.58. The van der Waals surface area contributed by atoms with Crippen molar-refractivity contribution in [2.24, 2.45) is 5.92 Å². The van der Waals surface area contributed by atoms with Crippen LogP contribution in [-0.2, 0) is 35.6 Å². The molecule has 4 fully saturated rings. The zero-order valence-corrected chi connectivity index (χ0v) is 38.5. The summed E-state index contributed by atoms with van der Waals surface area (Å²) >= 11 is 1.64. The molecule has 0 radical (unpaired) electrons. The first-order chi connectivity index (χ1) is 28.8. The SMILES string of the molecule is CCCc1nc(-c2cccc3c2nc(O[C@@H]2C[C@H]4C(=O)N[C@]5(C(=O)NS(=O)(=O)C6(C)CC6)CC5CCCCCCC[C@H](NC(=O)OC(C)(C)C)C(=O)N4C2)n3C(C)C)sc1C. The largest absolute Gasteiger partial charge is 0.459 e. The molecule has 0 spiro atoms. The number of aromatic nitrogens is 3. The number of fused-ring (bicyclic) bond motifs is 3. The van der Waals surface area contributed by atoms with Crippen LogP contribution in [0, 0.1) is 12.8 Å². The number of rotatable bonds is 10. The van der Waals surface area contributed by atoms with Crippen LogP contribution in [0.2, 0.25) is 0 Å². The van der Waals surface area contributed by atoms with Crippen molar-refractivity contribution in [3.63, 3.8) is 0 Å². The van der Waals surface area contributed by atoms with Gasteiger partial charge in [-0.3, -0.25) is 23.7 Å². The highest BCUT2D eigenvalue weighted by Gasteiger charge is 2.63. The molecule has 334 valence electrons. The van der Waals surface area contributed by atoms with Crippen LogP contribution < -0.4 is 20.1 Å². The van der Waals surface area contributed by atoms with Gasteiger partial charge in [-0.05, 0) is 105 Å². The van der Waals surface area contributed by atoms with Crippen molar-refractivity contribution in [3.05, 3.63) is 28.8 Å². The Kier molecular flexibility index (Phi) is 12.6. The summed E-state index contributed by atoms with van der Waals surface area (Å²) in [6.07, 6.45) is 6.68. The second kappa shape index (κ2) is 17.1. The van der Waals surface area contributed by atoms with E-state index in [4.69, 9.17) is 19.4 Å². The fourth-order valence-electron chi connectivity index (χ4n) is 8.81. The molecule has 2 saturated heterocycles. The molecule has 4 heterocycles. The third-order valence-corrected chi connectivity index (χ3v) is 15.9. The van der Waals surface area contributed by atoms with Crippen molar-refractivity contribution in [1.29, 1.82) is 0 Å². The van der Waals surface area contributed by atoms with E-state index in [1.165, 1.54) is 9.78 Å². The molecule has 1 unspecified atom stereocenters. The molecular formula is C44H63N7O8S2. The molecule has 5 atom stereocenters. The smallest absolute Gasteiger partial charge is 0.408 e.